The highest BCUT2D eigenvalue weighted by atomic mass is 16.5. The topological polar surface area (TPSA) is 73.0 Å². The Labute approximate surface area is 184 Å². The third-order valence-electron chi connectivity index (χ3n) is 6.45. The number of aromatic amines is 1. The highest BCUT2D eigenvalue weighted by molar-refractivity contribution is 5.86. The Hall–Kier alpha value is -2.54. The van der Waals surface area contributed by atoms with E-state index in [0.717, 1.165) is 64.5 Å². The number of hydrogen-bond acceptors (Lipinski definition) is 3. The van der Waals surface area contributed by atoms with Gasteiger partial charge in [0.1, 0.15) is 0 Å². The summed E-state index contributed by atoms with van der Waals surface area (Å²) in [5.74, 6) is 1.40. The Morgan fingerprint density at radius 3 is 2.71 bits per heavy atom. The average molecular weight is 426 g/mol. The molecule has 0 bridgehead atoms. The molecule has 0 radical (unpaired) electrons. The number of piperidine rings is 1. The van der Waals surface area contributed by atoms with Crippen molar-refractivity contribution < 1.29 is 9.53 Å². The molecular weight excluding hydrogens is 390 g/mol. The van der Waals surface area contributed by atoms with Crippen LogP contribution >= 0.6 is 0 Å². The van der Waals surface area contributed by atoms with Crippen LogP contribution in [0.3, 0.4) is 0 Å². The van der Waals surface area contributed by atoms with Gasteiger partial charge in [-0.2, -0.15) is 0 Å². The number of rotatable bonds is 5. The van der Waals surface area contributed by atoms with E-state index >= 15 is 0 Å². The molecule has 7 nitrogen and oxygen atoms in total. The van der Waals surface area contributed by atoms with Gasteiger partial charge in [-0.1, -0.05) is 18.2 Å². The molecule has 0 spiro atoms. The van der Waals surface area contributed by atoms with Crippen LogP contribution in [0.15, 0.2) is 29.4 Å². The van der Waals surface area contributed by atoms with Gasteiger partial charge in [0, 0.05) is 62.3 Å². The van der Waals surface area contributed by atoms with Crippen LogP contribution in [0.5, 0.6) is 0 Å². The van der Waals surface area contributed by atoms with E-state index in [0.29, 0.717) is 19.1 Å². The lowest BCUT2D eigenvalue weighted by atomic mass is 9.95. The number of carbonyl (C=O) groups is 1. The largest absolute Gasteiger partial charge is 0.378 e. The van der Waals surface area contributed by atoms with Gasteiger partial charge in [0.2, 0.25) is 5.91 Å². The van der Waals surface area contributed by atoms with Crippen molar-refractivity contribution in [3.63, 3.8) is 0 Å². The number of aromatic nitrogens is 1. The van der Waals surface area contributed by atoms with Crippen LogP contribution < -0.4 is 5.32 Å². The van der Waals surface area contributed by atoms with Crippen molar-refractivity contribution in [2.24, 2.45) is 10.9 Å². The van der Waals surface area contributed by atoms with Crippen LogP contribution in [-0.2, 0) is 16.0 Å². The number of H-pyrrole nitrogens is 1. The number of ether oxygens (including phenoxy) is 1. The molecule has 2 saturated heterocycles. The number of hydrogen-bond donors (Lipinski definition) is 2. The van der Waals surface area contributed by atoms with E-state index in [-0.39, 0.29) is 5.92 Å². The van der Waals surface area contributed by atoms with Crippen LogP contribution in [0.1, 0.15) is 30.9 Å². The van der Waals surface area contributed by atoms with Crippen molar-refractivity contribution in [2.45, 2.75) is 33.1 Å². The van der Waals surface area contributed by atoms with Crippen LogP contribution in [0, 0.1) is 12.8 Å². The first-order valence-electron chi connectivity index (χ1n) is 11.6. The van der Waals surface area contributed by atoms with E-state index < -0.39 is 0 Å². The van der Waals surface area contributed by atoms with Gasteiger partial charge in [0.25, 0.3) is 0 Å². The lowest BCUT2D eigenvalue weighted by Crippen LogP contribution is -2.50. The molecular formula is C24H35N5O2. The van der Waals surface area contributed by atoms with Crippen molar-refractivity contribution in [3.8, 4) is 0 Å². The Morgan fingerprint density at radius 2 is 1.97 bits per heavy atom. The first-order chi connectivity index (χ1) is 15.2. The predicted molar refractivity (Wildman–Crippen MR) is 124 cm³/mol. The number of likely N-dealkylation sites (tertiary alicyclic amines) is 1. The molecule has 0 saturated carbocycles. The summed E-state index contributed by atoms with van der Waals surface area (Å²) in [6.07, 6.45) is 4.80. The number of para-hydroxylation sites is 1. The number of morpholine rings is 1. The van der Waals surface area contributed by atoms with E-state index in [1.165, 1.54) is 22.0 Å². The fraction of sp³-hybridized carbons (Fsp3) is 0.583. The third-order valence-corrected chi connectivity index (χ3v) is 6.45. The zero-order chi connectivity index (χ0) is 21.6. The summed E-state index contributed by atoms with van der Waals surface area (Å²) in [6, 6.07) is 6.43. The van der Waals surface area contributed by atoms with Gasteiger partial charge in [0.05, 0.1) is 13.2 Å². The fourth-order valence-corrected chi connectivity index (χ4v) is 4.66. The Kier molecular flexibility index (Phi) is 7.12. The third kappa shape index (κ3) is 5.03. The SMILES string of the molecule is CCNC(=NCCc1c[nH]c2c(C)cccc12)N1CCC(C(=O)N2CCOCC2)CC1. The molecule has 1 aromatic carbocycles. The summed E-state index contributed by atoms with van der Waals surface area (Å²) in [5.41, 5.74) is 3.81. The van der Waals surface area contributed by atoms with Gasteiger partial charge in [-0.05, 0) is 44.2 Å². The molecule has 168 valence electrons. The van der Waals surface area contributed by atoms with Gasteiger partial charge in [0.15, 0.2) is 5.96 Å². The highest BCUT2D eigenvalue weighted by Gasteiger charge is 2.30. The van der Waals surface area contributed by atoms with Crippen molar-refractivity contribution in [2.75, 3.05) is 52.5 Å². The maximum atomic E-state index is 12.8. The summed E-state index contributed by atoms with van der Waals surface area (Å²) in [5, 5.41) is 4.74. The van der Waals surface area contributed by atoms with Crippen LogP contribution in [0.25, 0.3) is 10.9 Å². The number of nitrogens with zero attached hydrogens (tertiary/aromatic N) is 3. The molecule has 3 heterocycles. The second-order valence-electron chi connectivity index (χ2n) is 8.50. The number of aliphatic imine (C=N–C) groups is 1. The highest BCUT2D eigenvalue weighted by Crippen LogP contribution is 2.22. The molecule has 4 rings (SSSR count). The summed E-state index contributed by atoms with van der Waals surface area (Å²) in [4.78, 5) is 25.4. The van der Waals surface area contributed by atoms with Crippen molar-refractivity contribution in [1.82, 2.24) is 20.1 Å². The molecule has 2 N–H and O–H groups in total. The van der Waals surface area contributed by atoms with E-state index in [1.54, 1.807) is 0 Å². The van der Waals surface area contributed by atoms with E-state index in [9.17, 15) is 4.79 Å². The summed E-state index contributed by atoms with van der Waals surface area (Å²) < 4.78 is 5.38. The minimum Gasteiger partial charge on any atom is -0.378 e. The Morgan fingerprint density at radius 1 is 1.19 bits per heavy atom. The first-order valence-corrected chi connectivity index (χ1v) is 11.6. The maximum Gasteiger partial charge on any atom is 0.225 e. The van der Waals surface area contributed by atoms with Crippen LogP contribution in [0.4, 0.5) is 0 Å². The summed E-state index contributed by atoms with van der Waals surface area (Å²) >= 11 is 0. The summed E-state index contributed by atoms with van der Waals surface area (Å²) in [7, 11) is 0. The molecule has 0 unspecified atom stereocenters. The molecule has 0 aliphatic carbocycles. The number of carbonyl (C=O) groups excluding carboxylic acids is 1. The van der Waals surface area contributed by atoms with E-state index in [4.69, 9.17) is 9.73 Å². The Balaban J connectivity index is 1.33. The van der Waals surface area contributed by atoms with Crippen molar-refractivity contribution >= 4 is 22.8 Å². The van der Waals surface area contributed by atoms with Crippen molar-refractivity contribution in [1.29, 1.82) is 0 Å². The molecule has 2 aromatic rings. The molecule has 31 heavy (non-hydrogen) atoms. The molecule has 2 aliphatic heterocycles. The van der Waals surface area contributed by atoms with Gasteiger partial charge < -0.3 is 24.8 Å². The van der Waals surface area contributed by atoms with Gasteiger partial charge in [-0.3, -0.25) is 9.79 Å². The quantitative estimate of drug-likeness (QED) is 0.570. The average Bonchev–Trinajstić information content (AvgIpc) is 3.23. The standard InChI is InChI=1S/C24H35N5O2/c1-3-25-24(26-10-7-20-17-27-22-18(2)5-4-6-21(20)22)29-11-8-19(9-12-29)23(30)28-13-15-31-16-14-28/h4-6,17,19,27H,3,7-16H2,1-2H3,(H,25,26). The smallest absolute Gasteiger partial charge is 0.225 e. The number of amides is 1. The van der Waals surface area contributed by atoms with Crippen molar-refractivity contribution in [3.05, 3.63) is 35.5 Å². The fourth-order valence-electron chi connectivity index (χ4n) is 4.66. The lowest BCUT2D eigenvalue weighted by Gasteiger charge is -2.36. The predicted octanol–water partition coefficient (Wildman–Crippen LogP) is 2.56. The molecule has 0 atom stereocenters. The number of fused-ring (bicyclic) bond motifs is 1. The Bertz CT molecular complexity index is 908. The molecule has 7 heteroatoms. The molecule has 1 amide bonds. The molecule has 1 aromatic heterocycles. The first kappa shape index (κ1) is 21.7. The normalized spacial score (nSPS) is 18.6. The lowest BCUT2D eigenvalue weighted by molar-refractivity contribution is -0.140. The zero-order valence-electron chi connectivity index (χ0n) is 18.8. The second kappa shape index (κ2) is 10.2. The minimum absolute atomic E-state index is 0.131. The van der Waals surface area contributed by atoms with Gasteiger partial charge >= 0.3 is 0 Å². The summed E-state index contributed by atoms with van der Waals surface area (Å²) in [6.45, 7) is 10.4. The molecule has 2 aliphatic rings. The monoisotopic (exact) mass is 425 g/mol. The second-order valence-corrected chi connectivity index (χ2v) is 8.50. The van der Waals surface area contributed by atoms with Crippen LogP contribution in [-0.4, -0.2) is 79.1 Å². The number of guanidine groups is 1. The number of benzene rings is 1. The van der Waals surface area contributed by atoms with E-state index in [1.807, 2.05) is 4.90 Å². The van der Waals surface area contributed by atoms with Gasteiger partial charge in [-0.15, -0.1) is 0 Å². The molecule has 2 fully saturated rings. The number of aryl methyl sites for hydroxylation is 1. The van der Waals surface area contributed by atoms with E-state index in [2.05, 4.69) is 53.4 Å². The van der Waals surface area contributed by atoms with Gasteiger partial charge in [-0.25, -0.2) is 0 Å². The minimum atomic E-state index is 0.131. The zero-order valence-corrected chi connectivity index (χ0v) is 18.8. The maximum absolute atomic E-state index is 12.8. The van der Waals surface area contributed by atoms with Crippen LogP contribution in [0.2, 0.25) is 0 Å². The number of nitrogens with one attached hydrogen (secondary N) is 2.